The third kappa shape index (κ3) is 3.53. The van der Waals surface area contributed by atoms with Crippen LogP contribution in [-0.4, -0.2) is 55.8 Å². The molecule has 1 saturated carbocycles. The second-order valence-corrected chi connectivity index (χ2v) is 7.08. The number of methoxy groups -OCH3 is 1. The fraction of sp³-hybridized carbons (Fsp3) is 0.722. The Bertz CT molecular complexity index is 558. The van der Waals surface area contributed by atoms with Crippen molar-refractivity contribution in [3.8, 4) is 0 Å². The Balaban J connectivity index is 2.48. The highest BCUT2D eigenvalue weighted by molar-refractivity contribution is 6.27. The average Bonchev–Trinajstić information content (AvgIpc) is 2.53. The van der Waals surface area contributed by atoms with Crippen molar-refractivity contribution in [2.75, 3.05) is 33.4 Å². The third-order valence-electron chi connectivity index (χ3n) is 4.79. The molecule has 0 N–H and O–H groups in total. The summed E-state index contributed by atoms with van der Waals surface area (Å²) in [6.45, 7) is 8.03. The third-order valence-corrected chi connectivity index (χ3v) is 4.79. The van der Waals surface area contributed by atoms with Crippen LogP contribution in [0.2, 0.25) is 0 Å². The van der Waals surface area contributed by atoms with Gasteiger partial charge in [0.15, 0.2) is 11.6 Å². The molecule has 0 amide bonds. The van der Waals surface area contributed by atoms with E-state index in [9.17, 15) is 14.4 Å². The first-order valence-corrected chi connectivity index (χ1v) is 8.54. The first-order chi connectivity index (χ1) is 11.3. The molecule has 2 aliphatic rings. The largest absolute Gasteiger partial charge is 0.468 e. The summed E-state index contributed by atoms with van der Waals surface area (Å²) in [6, 6.07) is 0. The van der Waals surface area contributed by atoms with Crippen LogP contribution in [0.4, 0.5) is 0 Å². The molecular formula is C18H27NO5. The number of morpholine rings is 1. The lowest BCUT2D eigenvalue weighted by Crippen LogP contribution is -2.48. The number of carbonyl (C=O) groups is 3. The van der Waals surface area contributed by atoms with Crippen LogP contribution in [0.1, 0.15) is 40.0 Å². The van der Waals surface area contributed by atoms with Gasteiger partial charge in [0.1, 0.15) is 5.92 Å². The average molecular weight is 337 g/mol. The van der Waals surface area contributed by atoms with E-state index < -0.39 is 23.1 Å². The van der Waals surface area contributed by atoms with Crippen molar-refractivity contribution in [2.24, 2.45) is 11.3 Å². The fourth-order valence-corrected chi connectivity index (χ4v) is 3.60. The standard InChI is InChI=1S/C18H27NO5/c1-5-6-12(19-7-9-24-10-8-19)14-13(20)11-18(2,3)15(16(14)21)17(22)23-4/h15H,5-11H2,1-4H3/b14-12+/t15-/m0/s1. The van der Waals surface area contributed by atoms with E-state index in [4.69, 9.17) is 9.47 Å². The minimum atomic E-state index is -0.928. The zero-order chi connectivity index (χ0) is 17.9. The SMILES string of the molecule is CCC/C(=C1/C(=O)CC(C)(C)[C@H](C(=O)OC)C1=O)N1CCOCC1. The lowest BCUT2D eigenvalue weighted by Gasteiger charge is -2.38. The zero-order valence-corrected chi connectivity index (χ0v) is 15.0. The van der Waals surface area contributed by atoms with Gasteiger partial charge in [-0.25, -0.2) is 0 Å². The van der Waals surface area contributed by atoms with E-state index in [1.807, 2.05) is 6.92 Å². The fourth-order valence-electron chi connectivity index (χ4n) is 3.60. The van der Waals surface area contributed by atoms with Gasteiger partial charge in [-0.2, -0.15) is 0 Å². The predicted molar refractivity (Wildman–Crippen MR) is 88.2 cm³/mol. The molecule has 0 radical (unpaired) electrons. The van der Waals surface area contributed by atoms with E-state index in [-0.39, 0.29) is 17.8 Å². The summed E-state index contributed by atoms with van der Waals surface area (Å²) in [5.41, 5.74) is 0.237. The highest BCUT2D eigenvalue weighted by Gasteiger charge is 2.50. The van der Waals surface area contributed by atoms with Crippen molar-refractivity contribution >= 4 is 17.5 Å². The minimum Gasteiger partial charge on any atom is -0.468 e. The summed E-state index contributed by atoms with van der Waals surface area (Å²) >= 11 is 0. The number of Topliss-reactive ketones (excluding diaryl/α,β-unsaturated/α-hetero) is 2. The molecule has 0 aromatic rings. The maximum absolute atomic E-state index is 13.1. The molecule has 24 heavy (non-hydrogen) atoms. The van der Waals surface area contributed by atoms with Gasteiger partial charge in [-0.15, -0.1) is 0 Å². The number of allylic oxidation sites excluding steroid dienone is 2. The number of ketones is 2. The van der Waals surface area contributed by atoms with E-state index in [2.05, 4.69) is 4.90 Å². The number of nitrogens with zero attached hydrogens (tertiary/aromatic N) is 1. The van der Waals surface area contributed by atoms with Crippen LogP contribution < -0.4 is 0 Å². The Morgan fingerprint density at radius 1 is 1.29 bits per heavy atom. The summed E-state index contributed by atoms with van der Waals surface area (Å²) in [6.07, 6.45) is 1.63. The number of esters is 1. The molecule has 6 heteroatoms. The van der Waals surface area contributed by atoms with Crippen molar-refractivity contribution in [1.82, 2.24) is 4.90 Å². The van der Waals surface area contributed by atoms with Crippen LogP contribution in [0, 0.1) is 11.3 Å². The maximum Gasteiger partial charge on any atom is 0.317 e. The van der Waals surface area contributed by atoms with Crippen molar-refractivity contribution < 1.29 is 23.9 Å². The van der Waals surface area contributed by atoms with Gasteiger partial charge in [0, 0.05) is 25.2 Å². The Kier molecular flexibility index (Phi) is 5.80. The molecule has 0 spiro atoms. The van der Waals surface area contributed by atoms with Crippen molar-refractivity contribution in [3.63, 3.8) is 0 Å². The monoisotopic (exact) mass is 337 g/mol. The van der Waals surface area contributed by atoms with Crippen LogP contribution in [0.5, 0.6) is 0 Å². The first-order valence-electron chi connectivity index (χ1n) is 8.54. The van der Waals surface area contributed by atoms with Gasteiger partial charge in [-0.05, 0) is 11.8 Å². The van der Waals surface area contributed by atoms with Gasteiger partial charge >= 0.3 is 5.97 Å². The van der Waals surface area contributed by atoms with E-state index >= 15 is 0 Å². The number of hydrogen-bond donors (Lipinski definition) is 0. The van der Waals surface area contributed by atoms with Crippen LogP contribution in [0.3, 0.4) is 0 Å². The summed E-state index contributed by atoms with van der Waals surface area (Å²) in [4.78, 5) is 40.1. The van der Waals surface area contributed by atoms with E-state index in [0.29, 0.717) is 32.7 Å². The molecule has 0 bridgehead atoms. The molecule has 6 nitrogen and oxygen atoms in total. The van der Waals surface area contributed by atoms with Gasteiger partial charge in [-0.3, -0.25) is 14.4 Å². The first kappa shape index (κ1) is 18.6. The van der Waals surface area contributed by atoms with Crippen LogP contribution in [-0.2, 0) is 23.9 Å². The van der Waals surface area contributed by atoms with Gasteiger partial charge in [-0.1, -0.05) is 27.2 Å². The maximum atomic E-state index is 13.1. The molecule has 2 rings (SSSR count). The lowest BCUT2D eigenvalue weighted by atomic mass is 9.65. The van der Waals surface area contributed by atoms with Gasteiger partial charge < -0.3 is 14.4 Å². The van der Waals surface area contributed by atoms with E-state index in [0.717, 1.165) is 12.1 Å². The summed E-state index contributed by atoms with van der Waals surface area (Å²) in [5, 5.41) is 0. The second kappa shape index (κ2) is 7.47. The van der Waals surface area contributed by atoms with Gasteiger partial charge in [0.2, 0.25) is 0 Å². The molecule has 0 unspecified atom stereocenters. The molecule has 1 atom stereocenters. The molecule has 0 aromatic heterocycles. The summed E-state index contributed by atoms with van der Waals surface area (Å²) < 4.78 is 10.2. The van der Waals surface area contributed by atoms with Crippen LogP contribution in [0.15, 0.2) is 11.3 Å². The quantitative estimate of drug-likeness (QED) is 0.337. The second-order valence-electron chi connectivity index (χ2n) is 7.08. The van der Waals surface area contributed by atoms with E-state index in [1.165, 1.54) is 7.11 Å². The molecule has 1 aliphatic carbocycles. The normalized spacial score (nSPS) is 26.3. The number of hydrogen-bond acceptors (Lipinski definition) is 6. The van der Waals surface area contributed by atoms with E-state index in [1.54, 1.807) is 13.8 Å². The topological polar surface area (TPSA) is 72.9 Å². The van der Waals surface area contributed by atoms with Crippen molar-refractivity contribution in [1.29, 1.82) is 0 Å². The Labute approximate surface area is 143 Å². The summed E-state index contributed by atoms with van der Waals surface area (Å²) in [7, 11) is 1.28. The van der Waals surface area contributed by atoms with Crippen molar-refractivity contribution in [3.05, 3.63) is 11.3 Å². The summed E-state index contributed by atoms with van der Waals surface area (Å²) in [5.74, 6) is -2.05. The minimum absolute atomic E-state index is 0.167. The Morgan fingerprint density at radius 3 is 2.46 bits per heavy atom. The number of ether oxygens (including phenoxy) is 2. The Hall–Kier alpha value is -1.69. The van der Waals surface area contributed by atoms with Crippen LogP contribution >= 0.6 is 0 Å². The molecule has 1 heterocycles. The lowest BCUT2D eigenvalue weighted by molar-refractivity contribution is -0.155. The van der Waals surface area contributed by atoms with Gasteiger partial charge in [0.05, 0.1) is 25.9 Å². The predicted octanol–water partition coefficient (Wildman–Crippen LogP) is 1.73. The van der Waals surface area contributed by atoms with Crippen molar-refractivity contribution in [2.45, 2.75) is 40.0 Å². The molecule has 0 aromatic carbocycles. The molecule has 1 aliphatic heterocycles. The molecule has 1 saturated heterocycles. The molecule has 2 fully saturated rings. The van der Waals surface area contributed by atoms with Crippen LogP contribution in [0.25, 0.3) is 0 Å². The van der Waals surface area contributed by atoms with Gasteiger partial charge in [0.25, 0.3) is 0 Å². The highest BCUT2D eigenvalue weighted by Crippen LogP contribution is 2.41. The Morgan fingerprint density at radius 2 is 1.92 bits per heavy atom. The zero-order valence-electron chi connectivity index (χ0n) is 15.0. The number of carbonyl (C=O) groups excluding carboxylic acids is 3. The molecular weight excluding hydrogens is 310 g/mol. The number of rotatable bonds is 4. The molecule has 134 valence electrons. The highest BCUT2D eigenvalue weighted by atomic mass is 16.5. The smallest absolute Gasteiger partial charge is 0.317 e.